The Kier molecular flexibility index (Phi) is 11.7. The lowest BCUT2D eigenvalue weighted by Gasteiger charge is -2.30. The lowest BCUT2D eigenvalue weighted by atomic mass is 10.0. The number of nitrogens with one attached hydrogen (secondary N) is 2. The number of imidazole rings is 1. The summed E-state index contributed by atoms with van der Waals surface area (Å²) in [6, 6.07) is 17.4. The molecule has 1 saturated heterocycles. The fourth-order valence-electron chi connectivity index (χ4n) is 8.46. The highest BCUT2D eigenvalue weighted by Gasteiger charge is 2.43. The van der Waals surface area contributed by atoms with Gasteiger partial charge in [-0.15, -0.1) is 0 Å². The van der Waals surface area contributed by atoms with E-state index in [1.807, 2.05) is 55.5 Å². The van der Waals surface area contributed by atoms with E-state index in [9.17, 15) is 28.8 Å². The molecular formula is C43H51N7O7. The number of anilines is 1. The van der Waals surface area contributed by atoms with Crippen LogP contribution in [0, 0.1) is 0 Å². The van der Waals surface area contributed by atoms with Gasteiger partial charge in [-0.1, -0.05) is 48.5 Å². The van der Waals surface area contributed by atoms with Crippen LogP contribution in [0.15, 0.2) is 65.5 Å². The van der Waals surface area contributed by atoms with E-state index in [4.69, 9.17) is 16.2 Å². The number of para-hydroxylation sites is 1. The number of piperidine rings is 1. The number of primary amides is 1. The van der Waals surface area contributed by atoms with E-state index in [1.54, 1.807) is 16.5 Å². The fraction of sp³-hybridized carbons (Fsp3) is 0.442. The van der Waals surface area contributed by atoms with Crippen LogP contribution in [0.3, 0.4) is 0 Å². The second kappa shape index (κ2) is 16.9. The van der Waals surface area contributed by atoms with Gasteiger partial charge >= 0.3 is 5.69 Å². The molecule has 3 aliphatic rings. The van der Waals surface area contributed by atoms with Crippen LogP contribution in [-0.4, -0.2) is 62.9 Å². The number of ether oxygens (including phenoxy) is 1. The molecule has 3 aromatic carbocycles. The summed E-state index contributed by atoms with van der Waals surface area (Å²) < 4.78 is 9.30. The van der Waals surface area contributed by atoms with Crippen molar-refractivity contribution in [3.63, 3.8) is 0 Å². The summed E-state index contributed by atoms with van der Waals surface area (Å²) in [5.41, 5.74) is 18.9. The van der Waals surface area contributed by atoms with Crippen LogP contribution in [0.2, 0.25) is 0 Å². The summed E-state index contributed by atoms with van der Waals surface area (Å²) in [6.45, 7) is 2.17. The topological polar surface area (TPSA) is 201 Å². The Hall–Kier alpha value is -5.60. The number of hydrogen-bond acceptors (Lipinski definition) is 8. The van der Waals surface area contributed by atoms with E-state index in [0.29, 0.717) is 44.2 Å². The molecule has 7 rings (SSSR count). The number of aromatic nitrogens is 2. The summed E-state index contributed by atoms with van der Waals surface area (Å²) in [5.74, 6) is -1.81. The van der Waals surface area contributed by atoms with Gasteiger partial charge in [-0.05, 0) is 98.2 Å². The number of nitrogens with zero attached hydrogens (tertiary/aromatic N) is 3. The quantitative estimate of drug-likeness (QED) is 0.104. The van der Waals surface area contributed by atoms with Gasteiger partial charge < -0.3 is 21.5 Å². The number of amides is 5. The first-order valence-corrected chi connectivity index (χ1v) is 19.9. The highest BCUT2D eigenvalue weighted by atomic mass is 16.5. The highest BCUT2D eigenvalue weighted by Crippen LogP contribution is 2.39. The van der Waals surface area contributed by atoms with Gasteiger partial charge in [0, 0.05) is 26.3 Å². The van der Waals surface area contributed by atoms with Gasteiger partial charge in [0.05, 0.1) is 41.5 Å². The number of benzene rings is 3. The third kappa shape index (κ3) is 8.42. The SMILES string of the molecule is C[C@@H](OCc1ccc(CCCCc2ccc3c(c2)n(C)c(=O)n3C2CCC(=O)NC2=O)cc1)[C@H](CCC(N)=O)NC(=O)[C@@H]1Cc2cccc3c2N1C(=O)[C@@H](N)CC3. The molecule has 1 unspecified atom stereocenters. The highest BCUT2D eigenvalue weighted by molar-refractivity contribution is 6.07. The number of hydrogen-bond donors (Lipinski definition) is 4. The molecule has 0 saturated carbocycles. The molecule has 1 fully saturated rings. The first-order valence-electron chi connectivity index (χ1n) is 19.9. The van der Waals surface area contributed by atoms with Crippen molar-refractivity contribution in [2.24, 2.45) is 18.5 Å². The maximum atomic E-state index is 13.8. The fourth-order valence-corrected chi connectivity index (χ4v) is 8.46. The molecule has 300 valence electrons. The first-order chi connectivity index (χ1) is 27.4. The molecule has 0 aliphatic carbocycles. The van der Waals surface area contributed by atoms with Crippen LogP contribution in [0.25, 0.3) is 11.0 Å². The predicted octanol–water partition coefficient (Wildman–Crippen LogP) is 2.77. The molecule has 3 aliphatic heterocycles. The molecule has 0 radical (unpaired) electrons. The summed E-state index contributed by atoms with van der Waals surface area (Å²) in [6.07, 6.45) is 5.62. The second-order valence-corrected chi connectivity index (χ2v) is 15.7. The zero-order chi connectivity index (χ0) is 40.4. The molecule has 1 aromatic heterocycles. The van der Waals surface area contributed by atoms with Crippen LogP contribution in [0.5, 0.6) is 0 Å². The van der Waals surface area contributed by atoms with Gasteiger partial charge in [0.25, 0.3) is 0 Å². The van der Waals surface area contributed by atoms with Gasteiger partial charge in [0.1, 0.15) is 12.1 Å². The van der Waals surface area contributed by atoms with Gasteiger partial charge in [0.2, 0.25) is 29.5 Å². The number of carbonyl (C=O) groups excluding carboxylic acids is 5. The third-order valence-corrected chi connectivity index (χ3v) is 11.7. The van der Waals surface area contributed by atoms with Gasteiger partial charge in [-0.25, -0.2) is 4.79 Å². The lowest BCUT2D eigenvalue weighted by molar-refractivity contribution is -0.135. The average molecular weight is 778 g/mol. The number of imide groups is 1. The van der Waals surface area contributed by atoms with Gasteiger partial charge in [-0.2, -0.15) is 0 Å². The maximum Gasteiger partial charge on any atom is 0.329 e. The normalized spacial score (nSPS) is 20.2. The van der Waals surface area contributed by atoms with Crippen molar-refractivity contribution in [2.45, 2.75) is 114 Å². The number of unbranched alkanes of at least 4 members (excludes halogenated alkanes) is 1. The van der Waals surface area contributed by atoms with E-state index < -0.39 is 42.1 Å². The average Bonchev–Trinajstić information content (AvgIpc) is 3.66. The standard InChI is InChI=1S/C43H51N7O7/c1-25(32(17-20-37(45)51)46-41(54)36-23-30-9-5-8-29-15-16-31(44)42(55)50(36)39(29)30)57-24-28-12-10-26(11-13-28)6-3-4-7-27-14-18-33-35(22-27)48(2)43(56)49(33)34-19-21-38(52)47-40(34)53/h5,8-14,18,22,25,31-32,34,36H,3-4,6-7,15-17,19-21,23-24,44H2,1-2H3,(H2,45,51)(H,46,54)(H,47,52,53)/t25-,31+,32+,34?,36+/m1/s1. The molecule has 14 heteroatoms. The van der Waals surface area contributed by atoms with Crippen LogP contribution >= 0.6 is 0 Å². The second-order valence-electron chi connectivity index (χ2n) is 15.7. The minimum Gasteiger partial charge on any atom is -0.372 e. The van der Waals surface area contributed by atoms with E-state index >= 15 is 0 Å². The molecule has 5 amide bonds. The Morgan fingerprint density at radius 1 is 0.912 bits per heavy atom. The summed E-state index contributed by atoms with van der Waals surface area (Å²) in [5, 5.41) is 5.43. The molecule has 14 nitrogen and oxygen atoms in total. The molecule has 0 spiro atoms. The summed E-state index contributed by atoms with van der Waals surface area (Å²) in [7, 11) is 1.70. The van der Waals surface area contributed by atoms with Crippen LogP contribution in [0.4, 0.5) is 5.69 Å². The van der Waals surface area contributed by atoms with E-state index in [1.165, 1.54) is 10.1 Å². The predicted molar refractivity (Wildman–Crippen MR) is 214 cm³/mol. The zero-order valence-corrected chi connectivity index (χ0v) is 32.5. The molecule has 57 heavy (non-hydrogen) atoms. The molecule has 6 N–H and O–H groups in total. The zero-order valence-electron chi connectivity index (χ0n) is 32.5. The first kappa shape index (κ1) is 39.6. The Bertz CT molecular complexity index is 2260. The minimum absolute atomic E-state index is 0.0717. The Balaban J connectivity index is 0.910. The third-order valence-electron chi connectivity index (χ3n) is 11.7. The molecule has 4 aromatic rings. The summed E-state index contributed by atoms with van der Waals surface area (Å²) >= 11 is 0. The van der Waals surface area contributed by atoms with E-state index in [2.05, 4.69) is 22.8 Å². The van der Waals surface area contributed by atoms with E-state index in [-0.39, 0.29) is 36.3 Å². The minimum atomic E-state index is -0.743. The van der Waals surface area contributed by atoms with Crippen molar-refractivity contribution in [2.75, 3.05) is 4.90 Å². The van der Waals surface area contributed by atoms with Crippen LogP contribution < -0.4 is 32.7 Å². The Morgan fingerprint density at radius 2 is 1.61 bits per heavy atom. The number of fused-ring (bicyclic) bond motifs is 1. The molecule has 5 atom stereocenters. The lowest BCUT2D eigenvalue weighted by Crippen LogP contribution is -2.55. The number of carbonyl (C=O) groups is 5. The number of nitrogens with two attached hydrogens (primary N) is 2. The van der Waals surface area contributed by atoms with Crippen molar-refractivity contribution in [3.05, 3.63) is 99.0 Å². The Morgan fingerprint density at radius 3 is 2.35 bits per heavy atom. The molecular weight excluding hydrogens is 727 g/mol. The van der Waals surface area contributed by atoms with Crippen molar-refractivity contribution in [3.8, 4) is 0 Å². The largest absolute Gasteiger partial charge is 0.372 e. The summed E-state index contributed by atoms with van der Waals surface area (Å²) in [4.78, 5) is 77.8. The maximum absolute atomic E-state index is 13.8. The van der Waals surface area contributed by atoms with Crippen molar-refractivity contribution >= 4 is 46.3 Å². The molecule has 4 heterocycles. The van der Waals surface area contributed by atoms with Crippen molar-refractivity contribution in [1.29, 1.82) is 0 Å². The number of aryl methyl sites for hydroxylation is 4. The smallest absolute Gasteiger partial charge is 0.329 e. The Labute approximate surface area is 330 Å². The monoisotopic (exact) mass is 777 g/mol. The van der Waals surface area contributed by atoms with Crippen LogP contribution in [-0.2, 0) is 68.0 Å². The van der Waals surface area contributed by atoms with E-state index in [0.717, 1.165) is 59.1 Å². The van der Waals surface area contributed by atoms with Gasteiger partial charge in [-0.3, -0.25) is 43.3 Å². The van der Waals surface area contributed by atoms with Crippen molar-refractivity contribution < 1.29 is 28.7 Å². The van der Waals surface area contributed by atoms with Crippen LogP contribution in [0.1, 0.15) is 85.7 Å². The number of rotatable bonds is 15. The van der Waals surface area contributed by atoms with Crippen molar-refractivity contribution in [1.82, 2.24) is 19.8 Å². The molecule has 0 bridgehead atoms. The van der Waals surface area contributed by atoms with Gasteiger partial charge in [0.15, 0.2) is 0 Å².